The van der Waals surface area contributed by atoms with Crippen LogP contribution in [0.4, 0.5) is 5.82 Å². The number of rotatable bonds is 4. The van der Waals surface area contributed by atoms with Gasteiger partial charge in [-0.25, -0.2) is 9.97 Å². The first kappa shape index (κ1) is 14.0. The van der Waals surface area contributed by atoms with E-state index in [1.54, 1.807) is 13.1 Å². The van der Waals surface area contributed by atoms with Crippen molar-refractivity contribution in [1.29, 1.82) is 5.26 Å². The van der Waals surface area contributed by atoms with Gasteiger partial charge in [0.1, 0.15) is 17.6 Å². The van der Waals surface area contributed by atoms with E-state index in [4.69, 9.17) is 5.26 Å². The molecule has 0 aliphatic carbocycles. The number of aromatic nitrogens is 2. The summed E-state index contributed by atoms with van der Waals surface area (Å²) in [5.41, 5.74) is 2.59. The molecule has 2 aromatic rings. The van der Waals surface area contributed by atoms with Crippen LogP contribution in [0.3, 0.4) is 0 Å². The van der Waals surface area contributed by atoms with Crippen molar-refractivity contribution in [3.63, 3.8) is 0 Å². The monoisotopic (exact) mass is 266 g/mol. The maximum atomic E-state index is 9.00. The van der Waals surface area contributed by atoms with Crippen molar-refractivity contribution in [2.45, 2.75) is 20.3 Å². The Balaban J connectivity index is 2.34. The Kier molecular flexibility index (Phi) is 4.31. The van der Waals surface area contributed by atoms with Gasteiger partial charge in [0.15, 0.2) is 5.82 Å². The Hall–Kier alpha value is -2.41. The second-order valence-corrected chi connectivity index (χ2v) is 5.12. The molecule has 0 unspecified atom stereocenters. The van der Waals surface area contributed by atoms with E-state index in [1.807, 2.05) is 12.1 Å². The van der Waals surface area contributed by atoms with Crippen LogP contribution in [0.2, 0.25) is 0 Å². The Morgan fingerprint density at radius 3 is 2.45 bits per heavy atom. The van der Waals surface area contributed by atoms with E-state index >= 15 is 0 Å². The molecule has 0 atom stereocenters. The zero-order valence-corrected chi connectivity index (χ0v) is 12.0. The maximum absolute atomic E-state index is 9.00. The predicted molar refractivity (Wildman–Crippen MR) is 80.3 cm³/mol. The maximum Gasteiger partial charge on any atom is 0.162 e. The van der Waals surface area contributed by atoms with Crippen LogP contribution in [0.25, 0.3) is 11.4 Å². The van der Waals surface area contributed by atoms with Crippen molar-refractivity contribution in [2.75, 3.05) is 12.4 Å². The van der Waals surface area contributed by atoms with E-state index in [9.17, 15) is 0 Å². The van der Waals surface area contributed by atoms with Gasteiger partial charge in [0.05, 0.1) is 0 Å². The van der Waals surface area contributed by atoms with Gasteiger partial charge in [0.2, 0.25) is 0 Å². The van der Waals surface area contributed by atoms with E-state index in [0.29, 0.717) is 23.3 Å². The van der Waals surface area contributed by atoms with Gasteiger partial charge in [0, 0.05) is 18.7 Å². The summed E-state index contributed by atoms with van der Waals surface area (Å²) >= 11 is 0. The van der Waals surface area contributed by atoms with Crippen molar-refractivity contribution in [3.8, 4) is 17.5 Å². The summed E-state index contributed by atoms with van der Waals surface area (Å²) in [6, 6.07) is 11.9. The van der Waals surface area contributed by atoms with Gasteiger partial charge in [-0.2, -0.15) is 5.26 Å². The predicted octanol–water partition coefficient (Wildman–Crippen LogP) is 3.26. The molecular formula is C16H18N4. The lowest BCUT2D eigenvalue weighted by molar-refractivity contribution is 0.647. The third kappa shape index (κ3) is 3.33. The van der Waals surface area contributed by atoms with E-state index in [0.717, 1.165) is 12.0 Å². The molecule has 0 amide bonds. The largest absolute Gasteiger partial charge is 0.373 e. The van der Waals surface area contributed by atoms with Crippen LogP contribution in [-0.4, -0.2) is 17.0 Å². The van der Waals surface area contributed by atoms with Crippen LogP contribution >= 0.6 is 0 Å². The second kappa shape index (κ2) is 6.16. The highest BCUT2D eigenvalue weighted by Gasteiger charge is 2.06. The van der Waals surface area contributed by atoms with Crippen molar-refractivity contribution < 1.29 is 0 Å². The van der Waals surface area contributed by atoms with Gasteiger partial charge >= 0.3 is 0 Å². The number of nitrogens with zero attached hydrogens (tertiary/aromatic N) is 3. The zero-order chi connectivity index (χ0) is 14.5. The summed E-state index contributed by atoms with van der Waals surface area (Å²) in [7, 11) is 1.78. The molecule has 4 heteroatoms. The Labute approximate surface area is 119 Å². The molecule has 4 nitrogen and oxygen atoms in total. The first-order chi connectivity index (χ1) is 9.62. The molecule has 0 saturated heterocycles. The third-order valence-corrected chi connectivity index (χ3v) is 2.95. The molecule has 0 fully saturated rings. The summed E-state index contributed by atoms with van der Waals surface area (Å²) < 4.78 is 0. The molecule has 1 heterocycles. The topological polar surface area (TPSA) is 61.6 Å². The average Bonchev–Trinajstić information content (AvgIpc) is 2.46. The van der Waals surface area contributed by atoms with Gasteiger partial charge in [-0.05, 0) is 17.9 Å². The first-order valence-corrected chi connectivity index (χ1v) is 6.68. The highest BCUT2D eigenvalue weighted by molar-refractivity contribution is 5.58. The SMILES string of the molecule is CNc1cc(C#N)nc(-c2ccc(CC(C)C)cc2)n1. The molecule has 0 aliphatic heterocycles. The van der Waals surface area contributed by atoms with Gasteiger partial charge in [-0.1, -0.05) is 38.1 Å². The average molecular weight is 266 g/mol. The first-order valence-electron chi connectivity index (χ1n) is 6.68. The summed E-state index contributed by atoms with van der Waals surface area (Å²) in [5.74, 6) is 1.86. The fourth-order valence-electron chi connectivity index (χ4n) is 2.02. The van der Waals surface area contributed by atoms with Crippen LogP contribution in [0.15, 0.2) is 30.3 Å². The molecular weight excluding hydrogens is 248 g/mol. The van der Waals surface area contributed by atoms with E-state index in [1.165, 1.54) is 5.56 Å². The number of nitrogens with one attached hydrogen (secondary N) is 1. The zero-order valence-electron chi connectivity index (χ0n) is 12.0. The Bertz CT molecular complexity index is 624. The van der Waals surface area contributed by atoms with Gasteiger partial charge in [-0.3, -0.25) is 0 Å². The normalized spacial score (nSPS) is 10.3. The minimum Gasteiger partial charge on any atom is -0.373 e. The Morgan fingerprint density at radius 1 is 1.20 bits per heavy atom. The third-order valence-electron chi connectivity index (χ3n) is 2.95. The summed E-state index contributed by atoms with van der Waals surface area (Å²) in [4.78, 5) is 8.64. The lowest BCUT2D eigenvalue weighted by Gasteiger charge is -2.07. The highest BCUT2D eigenvalue weighted by atomic mass is 15.0. The van der Waals surface area contributed by atoms with Crippen molar-refractivity contribution in [2.24, 2.45) is 5.92 Å². The molecule has 20 heavy (non-hydrogen) atoms. The second-order valence-electron chi connectivity index (χ2n) is 5.12. The van der Waals surface area contributed by atoms with Gasteiger partial charge in [-0.15, -0.1) is 0 Å². The molecule has 0 aliphatic rings. The van der Waals surface area contributed by atoms with Gasteiger partial charge in [0.25, 0.3) is 0 Å². The number of hydrogen-bond acceptors (Lipinski definition) is 4. The highest BCUT2D eigenvalue weighted by Crippen LogP contribution is 2.19. The molecule has 0 bridgehead atoms. The van der Waals surface area contributed by atoms with Crippen LogP contribution in [-0.2, 0) is 6.42 Å². The van der Waals surface area contributed by atoms with Crippen LogP contribution in [0.5, 0.6) is 0 Å². The fraction of sp³-hybridized carbons (Fsp3) is 0.312. The fourth-order valence-corrected chi connectivity index (χ4v) is 2.02. The summed E-state index contributed by atoms with van der Waals surface area (Å²) in [6.07, 6.45) is 1.06. The van der Waals surface area contributed by atoms with Crippen LogP contribution in [0, 0.1) is 17.2 Å². The lowest BCUT2D eigenvalue weighted by Crippen LogP contribution is -1.99. The van der Waals surface area contributed by atoms with Crippen molar-refractivity contribution in [3.05, 3.63) is 41.6 Å². The Morgan fingerprint density at radius 2 is 1.90 bits per heavy atom. The van der Waals surface area contributed by atoms with Crippen molar-refractivity contribution >= 4 is 5.82 Å². The van der Waals surface area contributed by atoms with Crippen LogP contribution < -0.4 is 5.32 Å². The van der Waals surface area contributed by atoms with Gasteiger partial charge < -0.3 is 5.32 Å². The standard InChI is InChI=1S/C16H18N4/c1-11(2)8-12-4-6-13(7-5-12)16-19-14(10-17)9-15(18-3)20-16/h4-7,9,11H,8H2,1-3H3,(H,18,19,20). The smallest absolute Gasteiger partial charge is 0.162 e. The van der Waals surface area contributed by atoms with E-state index in [2.05, 4.69) is 47.3 Å². The quantitative estimate of drug-likeness (QED) is 0.922. The van der Waals surface area contributed by atoms with Crippen LogP contribution in [0.1, 0.15) is 25.1 Å². The summed E-state index contributed by atoms with van der Waals surface area (Å²) in [5, 5.41) is 12.0. The molecule has 1 N–H and O–H groups in total. The molecule has 0 radical (unpaired) electrons. The number of anilines is 1. The molecule has 2 rings (SSSR count). The molecule has 0 spiro atoms. The molecule has 1 aromatic heterocycles. The number of benzene rings is 1. The lowest BCUT2D eigenvalue weighted by atomic mass is 10.0. The number of nitriles is 1. The van der Waals surface area contributed by atoms with Crippen molar-refractivity contribution in [1.82, 2.24) is 9.97 Å². The summed E-state index contributed by atoms with van der Waals surface area (Å²) in [6.45, 7) is 4.40. The minimum atomic E-state index is 0.366. The van der Waals surface area contributed by atoms with E-state index < -0.39 is 0 Å². The van der Waals surface area contributed by atoms with E-state index in [-0.39, 0.29) is 0 Å². The molecule has 0 saturated carbocycles. The minimum absolute atomic E-state index is 0.366. The molecule has 102 valence electrons. The molecule has 1 aromatic carbocycles. The number of hydrogen-bond donors (Lipinski definition) is 1.